The molecule has 0 radical (unpaired) electrons. The first-order chi connectivity index (χ1) is 6.92. The Labute approximate surface area is 85.7 Å². The van der Waals surface area contributed by atoms with Crippen molar-refractivity contribution >= 4 is 0 Å². The van der Waals surface area contributed by atoms with Crippen LogP contribution in [0.2, 0.25) is 0 Å². The summed E-state index contributed by atoms with van der Waals surface area (Å²) in [6.45, 7) is 3.30. The van der Waals surface area contributed by atoms with Gasteiger partial charge in [0.2, 0.25) is 0 Å². The van der Waals surface area contributed by atoms with Crippen LogP contribution in [-0.2, 0) is 0 Å². The van der Waals surface area contributed by atoms with E-state index in [1.165, 1.54) is 25.0 Å². The quantitative estimate of drug-likeness (QED) is 0.771. The summed E-state index contributed by atoms with van der Waals surface area (Å²) >= 11 is 0. The van der Waals surface area contributed by atoms with Crippen LogP contribution in [0, 0.1) is 5.92 Å². The molecule has 2 nitrogen and oxygen atoms in total. The van der Waals surface area contributed by atoms with Crippen LogP contribution in [-0.4, -0.2) is 11.5 Å². The Bertz CT molecular complexity index is 267. The molecule has 76 valence electrons. The van der Waals surface area contributed by atoms with Crippen LogP contribution in [0.1, 0.15) is 37.9 Å². The van der Waals surface area contributed by atoms with Gasteiger partial charge in [-0.3, -0.25) is 4.98 Å². The number of hydrogen-bond donors (Lipinski definition) is 1. The van der Waals surface area contributed by atoms with Gasteiger partial charge in [-0.15, -0.1) is 0 Å². The van der Waals surface area contributed by atoms with Crippen LogP contribution >= 0.6 is 0 Å². The molecule has 0 saturated heterocycles. The van der Waals surface area contributed by atoms with Gasteiger partial charge in [0.15, 0.2) is 0 Å². The monoisotopic (exact) mass is 190 g/mol. The maximum atomic E-state index is 4.43. The summed E-state index contributed by atoms with van der Waals surface area (Å²) in [7, 11) is 0. The van der Waals surface area contributed by atoms with Crippen LogP contribution in [0.15, 0.2) is 24.4 Å². The molecule has 0 aliphatic heterocycles. The average molecular weight is 190 g/mol. The van der Waals surface area contributed by atoms with E-state index in [2.05, 4.69) is 29.4 Å². The molecule has 1 aromatic rings. The van der Waals surface area contributed by atoms with Crippen molar-refractivity contribution < 1.29 is 0 Å². The number of rotatable bonds is 5. The molecule has 0 spiro atoms. The molecular weight excluding hydrogens is 172 g/mol. The standard InChI is InChI=1S/C12H18N2/c1-2-8-14-12(10-6-7-10)11-5-3-4-9-13-11/h3-5,9-10,12,14H,2,6-8H2,1H3. The van der Waals surface area contributed by atoms with Crippen LogP contribution < -0.4 is 5.32 Å². The summed E-state index contributed by atoms with van der Waals surface area (Å²) in [6, 6.07) is 6.68. The highest BCUT2D eigenvalue weighted by Gasteiger charge is 2.32. The summed E-state index contributed by atoms with van der Waals surface area (Å²) in [5.41, 5.74) is 1.21. The van der Waals surface area contributed by atoms with Gasteiger partial charge < -0.3 is 5.32 Å². The lowest BCUT2D eigenvalue weighted by molar-refractivity contribution is 0.471. The molecule has 1 aliphatic carbocycles. The lowest BCUT2D eigenvalue weighted by atomic mass is 10.1. The highest BCUT2D eigenvalue weighted by molar-refractivity contribution is 5.12. The third-order valence-corrected chi connectivity index (χ3v) is 2.71. The number of hydrogen-bond acceptors (Lipinski definition) is 2. The molecule has 2 heteroatoms. The lowest BCUT2D eigenvalue weighted by Crippen LogP contribution is -2.24. The lowest BCUT2D eigenvalue weighted by Gasteiger charge is -2.16. The van der Waals surface area contributed by atoms with Crippen LogP contribution in [0.4, 0.5) is 0 Å². The molecule has 14 heavy (non-hydrogen) atoms. The second-order valence-corrected chi connectivity index (χ2v) is 4.02. The van der Waals surface area contributed by atoms with Crippen molar-refractivity contribution in [1.29, 1.82) is 0 Å². The zero-order valence-corrected chi connectivity index (χ0v) is 8.74. The molecule has 1 atom stereocenters. The molecule has 0 amide bonds. The van der Waals surface area contributed by atoms with Gasteiger partial charge in [0.05, 0.1) is 11.7 Å². The SMILES string of the molecule is CCCNC(c1ccccn1)C1CC1. The number of nitrogens with zero attached hydrogens (tertiary/aromatic N) is 1. The molecule has 1 saturated carbocycles. The van der Waals surface area contributed by atoms with E-state index >= 15 is 0 Å². The van der Waals surface area contributed by atoms with E-state index in [0.29, 0.717) is 6.04 Å². The minimum Gasteiger partial charge on any atom is -0.308 e. The molecule has 1 heterocycles. The molecule has 1 N–H and O–H groups in total. The normalized spacial score (nSPS) is 18.1. The second kappa shape index (κ2) is 4.56. The van der Waals surface area contributed by atoms with Gasteiger partial charge in [-0.2, -0.15) is 0 Å². The number of aromatic nitrogens is 1. The van der Waals surface area contributed by atoms with Gasteiger partial charge in [-0.25, -0.2) is 0 Å². The molecule has 1 aliphatic rings. The molecule has 1 unspecified atom stereocenters. The summed E-state index contributed by atoms with van der Waals surface area (Å²) in [6.07, 6.45) is 5.80. The fourth-order valence-corrected chi connectivity index (χ4v) is 1.80. The predicted molar refractivity (Wildman–Crippen MR) is 58.0 cm³/mol. The Kier molecular flexibility index (Phi) is 3.14. The molecule has 0 bridgehead atoms. The van der Waals surface area contributed by atoms with Crippen molar-refractivity contribution in [2.24, 2.45) is 5.92 Å². The maximum absolute atomic E-state index is 4.43. The molecule has 1 aromatic heterocycles. The van der Waals surface area contributed by atoms with E-state index < -0.39 is 0 Å². The second-order valence-electron chi connectivity index (χ2n) is 4.02. The Morgan fingerprint density at radius 2 is 2.36 bits per heavy atom. The van der Waals surface area contributed by atoms with Gasteiger partial charge in [-0.1, -0.05) is 13.0 Å². The third kappa shape index (κ3) is 2.32. The minimum atomic E-state index is 0.496. The molecule has 1 fully saturated rings. The first-order valence-electron chi connectivity index (χ1n) is 5.56. The van der Waals surface area contributed by atoms with Gasteiger partial charge in [0.1, 0.15) is 0 Å². The Balaban J connectivity index is 2.02. The fraction of sp³-hybridized carbons (Fsp3) is 0.583. The van der Waals surface area contributed by atoms with Crippen molar-refractivity contribution in [3.63, 3.8) is 0 Å². The minimum absolute atomic E-state index is 0.496. The Morgan fingerprint density at radius 3 is 2.93 bits per heavy atom. The van der Waals surface area contributed by atoms with Gasteiger partial charge in [0.25, 0.3) is 0 Å². The summed E-state index contributed by atoms with van der Waals surface area (Å²) < 4.78 is 0. The topological polar surface area (TPSA) is 24.9 Å². The smallest absolute Gasteiger partial charge is 0.0576 e. The maximum Gasteiger partial charge on any atom is 0.0576 e. The van der Waals surface area contributed by atoms with Gasteiger partial charge in [0, 0.05) is 6.20 Å². The van der Waals surface area contributed by atoms with E-state index in [0.717, 1.165) is 12.5 Å². The summed E-state index contributed by atoms with van der Waals surface area (Å²) in [4.78, 5) is 4.43. The first kappa shape index (κ1) is 9.66. The van der Waals surface area contributed by atoms with E-state index in [1.54, 1.807) is 0 Å². The highest BCUT2D eigenvalue weighted by atomic mass is 15.0. The van der Waals surface area contributed by atoms with Crippen LogP contribution in [0.5, 0.6) is 0 Å². The Hall–Kier alpha value is -0.890. The largest absolute Gasteiger partial charge is 0.308 e. The first-order valence-corrected chi connectivity index (χ1v) is 5.56. The van der Waals surface area contributed by atoms with E-state index in [-0.39, 0.29) is 0 Å². The third-order valence-electron chi connectivity index (χ3n) is 2.71. The van der Waals surface area contributed by atoms with E-state index in [4.69, 9.17) is 0 Å². The van der Waals surface area contributed by atoms with Crippen LogP contribution in [0.3, 0.4) is 0 Å². The highest BCUT2D eigenvalue weighted by Crippen LogP contribution is 2.40. The number of nitrogens with one attached hydrogen (secondary N) is 1. The summed E-state index contributed by atoms with van der Waals surface area (Å²) in [5, 5.41) is 3.59. The Morgan fingerprint density at radius 1 is 1.50 bits per heavy atom. The fourth-order valence-electron chi connectivity index (χ4n) is 1.80. The van der Waals surface area contributed by atoms with Crippen molar-refractivity contribution in [2.45, 2.75) is 32.2 Å². The van der Waals surface area contributed by atoms with Crippen molar-refractivity contribution in [3.05, 3.63) is 30.1 Å². The zero-order chi connectivity index (χ0) is 9.80. The van der Waals surface area contributed by atoms with Crippen molar-refractivity contribution in [2.75, 3.05) is 6.54 Å². The van der Waals surface area contributed by atoms with Crippen molar-refractivity contribution in [3.8, 4) is 0 Å². The van der Waals surface area contributed by atoms with Gasteiger partial charge in [-0.05, 0) is 43.9 Å². The molecule has 2 rings (SSSR count). The predicted octanol–water partition coefficient (Wildman–Crippen LogP) is 2.53. The average Bonchev–Trinajstić information content (AvgIpc) is 3.04. The number of pyridine rings is 1. The van der Waals surface area contributed by atoms with Crippen LogP contribution in [0.25, 0.3) is 0 Å². The van der Waals surface area contributed by atoms with Crippen molar-refractivity contribution in [1.82, 2.24) is 10.3 Å². The summed E-state index contributed by atoms with van der Waals surface area (Å²) in [5.74, 6) is 0.830. The van der Waals surface area contributed by atoms with E-state index in [1.807, 2.05) is 12.3 Å². The van der Waals surface area contributed by atoms with Gasteiger partial charge >= 0.3 is 0 Å². The van der Waals surface area contributed by atoms with E-state index in [9.17, 15) is 0 Å². The zero-order valence-electron chi connectivity index (χ0n) is 8.74. The molecule has 0 aromatic carbocycles. The molecular formula is C12H18N2.